The molecule has 0 aliphatic carbocycles. The van der Waals surface area contributed by atoms with E-state index in [2.05, 4.69) is 10.4 Å². The van der Waals surface area contributed by atoms with Crippen LogP contribution in [0, 0.1) is 0 Å². The molecule has 1 aromatic rings. The maximum absolute atomic E-state index is 5.77. The highest BCUT2D eigenvalue weighted by molar-refractivity contribution is 5.61. The Kier molecular flexibility index (Phi) is 3.13. The van der Waals surface area contributed by atoms with Gasteiger partial charge in [-0.25, -0.2) is 4.68 Å². The summed E-state index contributed by atoms with van der Waals surface area (Å²) >= 11 is 0. The Bertz CT molecular complexity index is 265. The van der Waals surface area contributed by atoms with E-state index in [1.807, 2.05) is 30.7 Å². The van der Waals surface area contributed by atoms with E-state index >= 15 is 0 Å². The molecule has 5 nitrogen and oxygen atoms in total. The van der Waals surface area contributed by atoms with E-state index in [0.717, 1.165) is 24.6 Å². The lowest BCUT2D eigenvalue weighted by molar-refractivity contribution is 0.584. The third kappa shape index (κ3) is 2.12. The summed E-state index contributed by atoms with van der Waals surface area (Å²) in [5, 5.41) is 7.26. The van der Waals surface area contributed by atoms with Crippen molar-refractivity contribution < 1.29 is 0 Å². The molecular weight excluding hydrogens is 166 g/mol. The number of hydrogen-bond donors (Lipinski definition) is 2. The lowest BCUT2D eigenvalue weighted by Crippen LogP contribution is -2.21. The fourth-order valence-corrected chi connectivity index (χ4v) is 1.26. The van der Waals surface area contributed by atoms with Crippen LogP contribution in [-0.2, 0) is 6.54 Å². The number of nitrogens with zero attached hydrogens (tertiary/aromatic N) is 3. The lowest BCUT2D eigenvalue weighted by atomic mass is 10.5. The highest BCUT2D eigenvalue weighted by Crippen LogP contribution is 2.19. The molecule has 0 unspecified atom stereocenters. The predicted molar refractivity (Wildman–Crippen MR) is 54.9 cm³/mol. The molecule has 0 bridgehead atoms. The monoisotopic (exact) mass is 183 g/mol. The van der Waals surface area contributed by atoms with E-state index in [9.17, 15) is 0 Å². The molecule has 3 N–H and O–H groups in total. The van der Waals surface area contributed by atoms with Gasteiger partial charge in [-0.2, -0.15) is 5.10 Å². The Hall–Kier alpha value is -1.23. The van der Waals surface area contributed by atoms with Crippen molar-refractivity contribution in [2.45, 2.75) is 6.54 Å². The molecule has 1 aromatic heterocycles. The van der Waals surface area contributed by atoms with Gasteiger partial charge >= 0.3 is 0 Å². The number of anilines is 2. The smallest absolute Gasteiger partial charge is 0.149 e. The third-order valence-corrected chi connectivity index (χ3v) is 1.84. The second-order valence-corrected chi connectivity index (χ2v) is 3.14. The summed E-state index contributed by atoms with van der Waals surface area (Å²) in [4.78, 5) is 1.97. The van der Waals surface area contributed by atoms with Crippen LogP contribution in [0.2, 0.25) is 0 Å². The van der Waals surface area contributed by atoms with Gasteiger partial charge < -0.3 is 16.0 Å². The molecule has 0 amide bonds. The zero-order chi connectivity index (χ0) is 9.84. The molecule has 0 saturated heterocycles. The third-order valence-electron chi connectivity index (χ3n) is 1.84. The van der Waals surface area contributed by atoms with Crippen LogP contribution in [0.25, 0.3) is 0 Å². The maximum atomic E-state index is 5.77. The van der Waals surface area contributed by atoms with Crippen molar-refractivity contribution in [1.29, 1.82) is 0 Å². The van der Waals surface area contributed by atoms with Crippen LogP contribution < -0.4 is 16.0 Å². The second kappa shape index (κ2) is 4.13. The molecule has 0 atom stereocenters. The van der Waals surface area contributed by atoms with Crippen LogP contribution in [0.3, 0.4) is 0 Å². The molecule has 74 valence electrons. The van der Waals surface area contributed by atoms with Crippen molar-refractivity contribution in [3.05, 3.63) is 6.20 Å². The summed E-state index contributed by atoms with van der Waals surface area (Å²) in [6.45, 7) is 1.73. The first kappa shape index (κ1) is 9.85. The maximum Gasteiger partial charge on any atom is 0.149 e. The minimum absolute atomic E-state index is 0.723. The van der Waals surface area contributed by atoms with Gasteiger partial charge in [0.15, 0.2) is 0 Å². The molecule has 0 aliphatic rings. The Morgan fingerprint density at radius 2 is 2.31 bits per heavy atom. The average molecular weight is 183 g/mol. The van der Waals surface area contributed by atoms with Gasteiger partial charge in [0, 0.05) is 20.6 Å². The SMILES string of the molecule is CNCCn1ncc(N)c1N(C)C. The molecule has 0 saturated carbocycles. The summed E-state index contributed by atoms with van der Waals surface area (Å²) in [6.07, 6.45) is 1.69. The van der Waals surface area contributed by atoms with Crippen molar-refractivity contribution in [3.63, 3.8) is 0 Å². The van der Waals surface area contributed by atoms with Gasteiger partial charge in [0.05, 0.1) is 18.4 Å². The summed E-state index contributed by atoms with van der Waals surface area (Å²) in [6, 6.07) is 0. The van der Waals surface area contributed by atoms with Crippen LogP contribution in [0.15, 0.2) is 6.20 Å². The zero-order valence-electron chi connectivity index (χ0n) is 8.41. The van der Waals surface area contributed by atoms with Crippen molar-refractivity contribution >= 4 is 11.5 Å². The standard InChI is InChI=1S/C8H17N5/c1-10-4-5-13-8(12(2)3)7(9)6-11-13/h6,10H,4-5,9H2,1-3H3. The molecule has 0 fully saturated rings. The van der Waals surface area contributed by atoms with Crippen LogP contribution >= 0.6 is 0 Å². The minimum Gasteiger partial charge on any atom is -0.394 e. The number of nitrogens with one attached hydrogen (secondary N) is 1. The Balaban J connectivity index is 2.81. The second-order valence-electron chi connectivity index (χ2n) is 3.14. The fourth-order valence-electron chi connectivity index (χ4n) is 1.26. The number of hydrogen-bond acceptors (Lipinski definition) is 4. The van der Waals surface area contributed by atoms with Crippen molar-refractivity contribution in [1.82, 2.24) is 15.1 Å². The van der Waals surface area contributed by atoms with Crippen LogP contribution in [0.1, 0.15) is 0 Å². The highest BCUT2D eigenvalue weighted by atomic mass is 15.4. The van der Waals surface area contributed by atoms with Gasteiger partial charge in [0.2, 0.25) is 0 Å². The normalized spacial score (nSPS) is 10.4. The van der Waals surface area contributed by atoms with E-state index in [1.165, 1.54) is 0 Å². The van der Waals surface area contributed by atoms with Gasteiger partial charge in [-0.3, -0.25) is 0 Å². The average Bonchev–Trinajstić information content (AvgIpc) is 2.43. The highest BCUT2D eigenvalue weighted by Gasteiger charge is 2.08. The first-order valence-electron chi connectivity index (χ1n) is 4.30. The largest absolute Gasteiger partial charge is 0.394 e. The molecule has 0 radical (unpaired) electrons. The Morgan fingerprint density at radius 1 is 1.62 bits per heavy atom. The number of nitrogens with two attached hydrogens (primary N) is 1. The first-order chi connectivity index (χ1) is 6.16. The van der Waals surface area contributed by atoms with E-state index in [1.54, 1.807) is 6.20 Å². The van der Waals surface area contributed by atoms with Gasteiger partial charge in [-0.05, 0) is 7.05 Å². The van der Waals surface area contributed by atoms with Gasteiger partial charge in [0.25, 0.3) is 0 Å². The molecule has 1 rings (SSSR count). The molecular formula is C8H17N5. The Morgan fingerprint density at radius 3 is 2.85 bits per heavy atom. The fraction of sp³-hybridized carbons (Fsp3) is 0.625. The van der Waals surface area contributed by atoms with Crippen LogP contribution in [-0.4, -0.2) is 37.5 Å². The van der Waals surface area contributed by atoms with Gasteiger partial charge in [0.1, 0.15) is 5.82 Å². The van der Waals surface area contributed by atoms with Crippen LogP contribution in [0.5, 0.6) is 0 Å². The first-order valence-corrected chi connectivity index (χ1v) is 4.30. The molecule has 1 heterocycles. The topological polar surface area (TPSA) is 59.1 Å². The number of aromatic nitrogens is 2. The molecule has 0 aromatic carbocycles. The summed E-state index contributed by atoms with van der Waals surface area (Å²) in [7, 11) is 5.84. The predicted octanol–water partition coefficient (Wildman–Crippen LogP) is -0.249. The molecule has 5 heteroatoms. The molecule has 0 spiro atoms. The summed E-state index contributed by atoms with van der Waals surface area (Å²) < 4.78 is 1.89. The van der Waals surface area contributed by atoms with Crippen LogP contribution in [0.4, 0.5) is 11.5 Å². The van der Waals surface area contributed by atoms with Gasteiger partial charge in [-0.15, -0.1) is 0 Å². The number of likely N-dealkylation sites (N-methyl/N-ethyl adjacent to an activating group) is 1. The van der Waals surface area contributed by atoms with E-state index in [0.29, 0.717) is 0 Å². The minimum atomic E-state index is 0.723. The van der Waals surface area contributed by atoms with Crippen molar-refractivity contribution in [2.24, 2.45) is 0 Å². The summed E-state index contributed by atoms with van der Waals surface area (Å²) in [5.74, 6) is 0.968. The van der Waals surface area contributed by atoms with Gasteiger partial charge in [-0.1, -0.05) is 0 Å². The number of nitrogen functional groups attached to an aromatic ring is 1. The lowest BCUT2D eigenvalue weighted by Gasteiger charge is -2.15. The number of rotatable bonds is 4. The quantitative estimate of drug-likeness (QED) is 0.676. The van der Waals surface area contributed by atoms with E-state index in [-0.39, 0.29) is 0 Å². The Labute approximate surface area is 78.5 Å². The molecule has 0 aliphatic heterocycles. The van der Waals surface area contributed by atoms with E-state index < -0.39 is 0 Å². The molecule has 13 heavy (non-hydrogen) atoms. The summed E-state index contributed by atoms with van der Waals surface area (Å²) in [5.41, 5.74) is 6.49. The van der Waals surface area contributed by atoms with E-state index in [4.69, 9.17) is 5.73 Å². The van der Waals surface area contributed by atoms with Crippen molar-refractivity contribution in [2.75, 3.05) is 38.3 Å². The zero-order valence-corrected chi connectivity index (χ0v) is 8.41. The van der Waals surface area contributed by atoms with Crippen molar-refractivity contribution in [3.8, 4) is 0 Å².